The van der Waals surface area contributed by atoms with E-state index in [1.54, 1.807) is 61.8 Å². The van der Waals surface area contributed by atoms with Gasteiger partial charge < -0.3 is 15.5 Å². The molecule has 11 heteroatoms. The Morgan fingerprint density at radius 3 is 2.59 bits per heavy atom. The van der Waals surface area contributed by atoms with Crippen molar-refractivity contribution in [2.24, 2.45) is 0 Å². The molecule has 3 aromatic heterocycles. The number of thiazole rings is 1. The van der Waals surface area contributed by atoms with Crippen LogP contribution in [0.1, 0.15) is 36.3 Å². The zero-order valence-electron chi connectivity index (χ0n) is 19.6. The number of nitrogens with one attached hydrogen (secondary N) is 2. The number of hydrogen-bond acceptors (Lipinski definition) is 7. The van der Waals surface area contributed by atoms with Gasteiger partial charge in [0, 0.05) is 31.1 Å². The number of benzene rings is 1. The van der Waals surface area contributed by atoms with Crippen LogP contribution >= 0.6 is 22.9 Å². The van der Waals surface area contributed by atoms with E-state index in [1.165, 1.54) is 16.2 Å². The normalized spacial score (nSPS) is 15.1. The number of rotatable bonds is 6. The van der Waals surface area contributed by atoms with Crippen molar-refractivity contribution >= 4 is 52.3 Å². The van der Waals surface area contributed by atoms with Crippen LogP contribution in [0.4, 0.5) is 11.6 Å². The van der Waals surface area contributed by atoms with Gasteiger partial charge in [-0.2, -0.15) is 0 Å². The quantitative estimate of drug-likeness (QED) is 0.381. The number of fused-ring (bicyclic) bond motifs is 1. The fraction of sp³-hybridized carbons (Fsp3) is 0.154. The number of carbonyl (C=O) groups excluding carboxylic acids is 3. The standard InChI is InChI=1S/C26H21ClN6O3S/c1-15-30-23-22(37-15)26(36)33(20(25(35)32-23)13-17-6-2-4-10-28-17)14-16-8-9-18(19(27)12-16)24(34)31-21-7-3-5-11-29-21/h2-12,20H,13-14H2,1H3,(H,32,35)(H,29,31,34). The monoisotopic (exact) mass is 532 g/mol. The Morgan fingerprint density at radius 1 is 1.11 bits per heavy atom. The molecule has 0 radical (unpaired) electrons. The molecule has 1 atom stereocenters. The summed E-state index contributed by atoms with van der Waals surface area (Å²) in [6.45, 7) is 1.88. The van der Waals surface area contributed by atoms with Crippen molar-refractivity contribution in [3.63, 3.8) is 0 Å². The molecule has 0 fully saturated rings. The summed E-state index contributed by atoms with van der Waals surface area (Å²) in [7, 11) is 0. The molecule has 1 aliphatic heterocycles. The Kier molecular flexibility index (Phi) is 6.93. The molecule has 5 rings (SSSR count). The Morgan fingerprint density at radius 2 is 1.89 bits per heavy atom. The van der Waals surface area contributed by atoms with Gasteiger partial charge in [0.1, 0.15) is 16.7 Å². The minimum atomic E-state index is -0.824. The van der Waals surface area contributed by atoms with Crippen LogP contribution in [0, 0.1) is 6.92 Å². The third-order valence-corrected chi connectivity index (χ3v) is 7.05. The average Bonchev–Trinajstić information content (AvgIpc) is 3.23. The molecule has 0 aliphatic carbocycles. The topological polar surface area (TPSA) is 117 Å². The van der Waals surface area contributed by atoms with Crippen molar-refractivity contribution in [3.05, 3.63) is 98.7 Å². The van der Waals surface area contributed by atoms with Crippen LogP contribution in [-0.2, 0) is 17.8 Å². The number of carbonyl (C=O) groups is 3. The smallest absolute Gasteiger partial charge is 0.268 e. The van der Waals surface area contributed by atoms with E-state index in [0.717, 1.165) is 0 Å². The predicted molar refractivity (Wildman–Crippen MR) is 141 cm³/mol. The molecular weight excluding hydrogens is 512 g/mol. The SMILES string of the molecule is Cc1nc2c(s1)C(=O)N(Cc1ccc(C(=O)Nc3ccccn3)c(Cl)c1)C(Cc1ccccn1)C(=O)N2. The summed E-state index contributed by atoms with van der Waals surface area (Å²) >= 11 is 7.70. The largest absolute Gasteiger partial charge is 0.321 e. The Bertz CT molecular complexity index is 1480. The fourth-order valence-electron chi connectivity index (χ4n) is 4.03. The number of halogens is 1. The summed E-state index contributed by atoms with van der Waals surface area (Å²) in [6, 6.07) is 14.7. The van der Waals surface area contributed by atoms with Crippen LogP contribution in [0.5, 0.6) is 0 Å². The highest BCUT2D eigenvalue weighted by atomic mass is 35.5. The van der Waals surface area contributed by atoms with Gasteiger partial charge in [0.05, 0.1) is 15.6 Å². The van der Waals surface area contributed by atoms with Gasteiger partial charge >= 0.3 is 0 Å². The second kappa shape index (κ2) is 10.5. The molecule has 0 bridgehead atoms. The molecule has 1 aliphatic rings. The van der Waals surface area contributed by atoms with E-state index in [1.807, 2.05) is 12.1 Å². The molecule has 0 spiro atoms. The van der Waals surface area contributed by atoms with Gasteiger partial charge in [0.15, 0.2) is 5.82 Å². The zero-order chi connectivity index (χ0) is 25.9. The second-order valence-electron chi connectivity index (χ2n) is 8.36. The molecule has 3 amide bonds. The summed E-state index contributed by atoms with van der Waals surface area (Å²) in [5.74, 6) is -0.390. The first-order chi connectivity index (χ1) is 17.9. The van der Waals surface area contributed by atoms with E-state index in [0.29, 0.717) is 27.0 Å². The molecule has 4 aromatic rings. The van der Waals surface area contributed by atoms with Crippen molar-refractivity contribution in [2.45, 2.75) is 25.9 Å². The maximum atomic E-state index is 13.6. The third-order valence-electron chi connectivity index (χ3n) is 5.78. The summed E-state index contributed by atoms with van der Waals surface area (Å²) < 4.78 is 0. The van der Waals surface area contributed by atoms with Crippen molar-refractivity contribution in [1.82, 2.24) is 19.9 Å². The molecule has 0 saturated carbocycles. The maximum Gasteiger partial charge on any atom is 0.268 e. The number of nitrogens with zero attached hydrogens (tertiary/aromatic N) is 4. The van der Waals surface area contributed by atoms with E-state index in [9.17, 15) is 14.4 Å². The van der Waals surface area contributed by atoms with Crippen LogP contribution in [0.25, 0.3) is 0 Å². The van der Waals surface area contributed by atoms with E-state index in [2.05, 4.69) is 25.6 Å². The number of hydrogen-bond donors (Lipinski definition) is 2. The number of aromatic nitrogens is 3. The molecule has 1 aromatic carbocycles. The van der Waals surface area contributed by atoms with Crippen LogP contribution in [-0.4, -0.2) is 43.6 Å². The maximum absolute atomic E-state index is 13.6. The molecule has 37 heavy (non-hydrogen) atoms. The minimum Gasteiger partial charge on any atom is -0.321 e. The summed E-state index contributed by atoms with van der Waals surface area (Å²) in [4.78, 5) is 54.2. The summed E-state index contributed by atoms with van der Waals surface area (Å²) in [5.41, 5.74) is 1.60. The molecule has 0 saturated heterocycles. The molecule has 4 heterocycles. The van der Waals surface area contributed by atoms with Crippen molar-refractivity contribution < 1.29 is 14.4 Å². The molecule has 186 valence electrons. The number of amides is 3. The van der Waals surface area contributed by atoms with Gasteiger partial charge in [-0.05, 0) is 48.9 Å². The Hall–Kier alpha value is -4.15. The van der Waals surface area contributed by atoms with Crippen LogP contribution in [0.15, 0.2) is 67.0 Å². The van der Waals surface area contributed by atoms with Crippen LogP contribution < -0.4 is 10.6 Å². The lowest BCUT2D eigenvalue weighted by atomic mass is 10.1. The number of anilines is 2. The van der Waals surface area contributed by atoms with Gasteiger partial charge in [-0.3, -0.25) is 19.4 Å². The van der Waals surface area contributed by atoms with Gasteiger partial charge in [-0.25, -0.2) is 9.97 Å². The lowest BCUT2D eigenvalue weighted by molar-refractivity contribution is -0.120. The highest BCUT2D eigenvalue weighted by molar-refractivity contribution is 7.14. The zero-order valence-corrected chi connectivity index (χ0v) is 21.2. The summed E-state index contributed by atoms with van der Waals surface area (Å²) in [6.07, 6.45) is 3.45. The average molecular weight is 533 g/mol. The number of pyridine rings is 2. The van der Waals surface area contributed by atoms with Crippen molar-refractivity contribution in [3.8, 4) is 0 Å². The fourth-order valence-corrected chi connectivity index (χ4v) is 5.15. The van der Waals surface area contributed by atoms with E-state index >= 15 is 0 Å². The molecule has 1 unspecified atom stereocenters. The first-order valence-electron chi connectivity index (χ1n) is 11.4. The lowest BCUT2D eigenvalue weighted by Gasteiger charge is -2.28. The van der Waals surface area contributed by atoms with Crippen LogP contribution in [0.3, 0.4) is 0 Å². The lowest BCUT2D eigenvalue weighted by Crippen LogP contribution is -2.46. The molecular formula is C26H21ClN6O3S. The van der Waals surface area contributed by atoms with E-state index in [4.69, 9.17) is 11.6 Å². The third kappa shape index (κ3) is 5.35. The second-order valence-corrected chi connectivity index (χ2v) is 9.97. The first kappa shape index (κ1) is 24.5. The molecule has 9 nitrogen and oxygen atoms in total. The van der Waals surface area contributed by atoms with Gasteiger partial charge in [-0.15, -0.1) is 11.3 Å². The molecule has 2 N–H and O–H groups in total. The number of aryl methyl sites for hydroxylation is 1. The Labute approximate surface area is 221 Å². The highest BCUT2D eigenvalue weighted by Crippen LogP contribution is 2.31. The summed E-state index contributed by atoms with van der Waals surface area (Å²) in [5, 5.41) is 6.40. The first-order valence-corrected chi connectivity index (χ1v) is 12.6. The van der Waals surface area contributed by atoms with Gasteiger partial charge in [0.25, 0.3) is 11.8 Å². The van der Waals surface area contributed by atoms with Gasteiger partial charge in [0.2, 0.25) is 5.91 Å². The minimum absolute atomic E-state index is 0.0992. The van der Waals surface area contributed by atoms with Crippen molar-refractivity contribution in [1.29, 1.82) is 0 Å². The Balaban J connectivity index is 1.44. The van der Waals surface area contributed by atoms with Gasteiger partial charge in [-0.1, -0.05) is 29.8 Å². The highest BCUT2D eigenvalue weighted by Gasteiger charge is 2.37. The van der Waals surface area contributed by atoms with Crippen molar-refractivity contribution in [2.75, 3.05) is 10.6 Å². The predicted octanol–water partition coefficient (Wildman–Crippen LogP) is 4.35. The van der Waals surface area contributed by atoms with E-state index < -0.39 is 11.9 Å². The van der Waals surface area contributed by atoms with Crippen LogP contribution in [0.2, 0.25) is 5.02 Å². The van der Waals surface area contributed by atoms with E-state index in [-0.39, 0.29) is 41.2 Å².